The van der Waals surface area contributed by atoms with Crippen molar-refractivity contribution in [2.75, 3.05) is 0 Å². The van der Waals surface area contributed by atoms with E-state index in [0.717, 1.165) is 12.8 Å². The first-order valence-corrected chi connectivity index (χ1v) is 6.63. The lowest BCUT2D eigenvalue weighted by Crippen LogP contribution is -2.51. The Bertz CT molecular complexity index is 442. The van der Waals surface area contributed by atoms with Crippen molar-refractivity contribution in [3.05, 3.63) is 23.8 Å². The summed E-state index contributed by atoms with van der Waals surface area (Å²) < 4.78 is 0. The molecule has 19 heavy (non-hydrogen) atoms. The molecule has 6 nitrogen and oxygen atoms in total. The highest BCUT2D eigenvalue weighted by atomic mass is 16.4. The molecule has 2 heterocycles. The fraction of sp³-hybridized carbons (Fsp3) is 0.615. The van der Waals surface area contributed by atoms with Gasteiger partial charge in [0, 0.05) is 18.3 Å². The van der Waals surface area contributed by atoms with Gasteiger partial charge < -0.3 is 5.11 Å². The summed E-state index contributed by atoms with van der Waals surface area (Å²) in [5.74, 6) is -0.989. The molecule has 2 unspecified atom stereocenters. The molecule has 0 saturated carbocycles. The monoisotopic (exact) mass is 264 g/mol. The molecule has 2 N–H and O–H groups in total. The number of rotatable bonds is 4. The summed E-state index contributed by atoms with van der Waals surface area (Å²) in [4.78, 5) is 18.9. The van der Waals surface area contributed by atoms with Gasteiger partial charge in [-0.2, -0.15) is 0 Å². The van der Waals surface area contributed by atoms with Gasteiger partial charge in [0.05, 0.1) is 12.2 Å². The number of hydrogen-bond donors (Lipinski definition) is 2. The Balaban J connectivity index is 2.04. The van der Waals surface area contributed by atoms with Crippen LogP contribution in [0.15, 0.2) is 12.5 Å². The summed E-state index contributed by atoms with van der Waals surface area (Å²) in [6.45, 7) is 4.78. The van der Waals surface area contributed by atoms with E-state index >= 15 is 0 Å². The Morgan fingerprint density at radius 3 is 2.79 bits per heavy atom. The summed E-state index contributed by atoms with van der Waals surface area (Å²) in [6, 6.07) is 0.915. The normalized spacial score (nSPS) is 24.3. The Hall–Kier alpha value is -1.53. The van der Waals surface area contributed by atoms with Crippen molar-refractivity contribution in [3.63, 3.8) is 0 Å². The molecule has 0 radical (unpaired) electrons. The zero-order valence-corrected chi connectivity index (χ0v) is 11.3. The van der Waals surface area contributed by atoms with Gasteiger partial charge in [0.2, 0.25) is 0 Å². The lowest BCUT2D eigenvalue weighted by molar-refractivity contribution is 0.0428. The second kappa shape index (κ2) is 6.08. The minimum absolute atomic E-state index is 0.160. The highest BCUT2D eigenvalue weighted by Crippen LogP contribution is 2.20. The fourth-order valence-electron chi connectivity index (χ4n) is 2.57. The standard InChI is InChI=1S/C13H20N4O2/c1-9-4-3-5-10(2)17(9)16-7-12-11(13(18)19)6-14-8-15-12/h6,8-10,16H,3-5,7H2,1-2H3,(H,18,19). The lowest BCUT2D eigenvalue weighted by atomic mass is 10.00. The van der Waals surface area contributed by atoms with Crippen LogP contribution in [-0.2, 0) is 6.54 Å². The van der Waals surface area contributed by atoms with Crippen molar-refractivity contribution in [3.8, 4) is 0 Å². The molecule has 1 saturated heterocycles. The van der Waals surface area contributed by atoms with Crippen LogP contribution < -0.4 is 5.43 Å². The van der Waals surface area contributed by atoms with E-state index in [2.05, 4.69) is 34.3 Å². The van der Waals surface area contributed by atoms with Crippen LogP contribution in [0.2, 0.25) is 0 Å². The van der Waals surface area contributed by atoms with Gasteiger partial charge in [0.25, 0.3) is 0 Å². The molecule has 2 atom stereocenters. The zero-order chi connectivity index (χ0) is 13.8. The van der Waals surface area contributed by atoms with E-state index in [0.29, 0.717) is 24.3 Å². The molecule has 1 aromatic heterocycles. The first-order valence-electron chi connectivity index (χ1n) is 6.63. The third-order valence-electron chi connectivity index (χ3n) is 3.65. The average molecular weight is 264 g/mol. The minimum Gasteiger partial charge on any atom is -0.478 e. The molecule has 0 aromatic carbocycles. The second-order valence-electron chi connectivity index (χ2n) is 5.06. The summed E-state index contributed by atoms with van der Waals surface area (Å²) in [7, 11) is 0. The van der Waals surface area contributed by atoms with Crippen molar-refractivity contribution in [2.45, 2.75) is 51.7 Å². The fourth-order valence-corrected chi connectivity index (χ4v) is 2.57. The van der Waals surface area contributed by atoms with Gasteiger partial charge >= 0.3 is 5.97 Å². The van der Waals surface area contributed by atoms with E-state index in [1.54, 1.807) is 0 Å². The highest BCUT2D eigenvalue weighted by molar-refractivity contribution is 5.88. The molecule has 1 fully saturated rings. The third kappa shape index (κ3) is 3.27. The van der Waals surface area contributed by atoms with Crippen LogP contribution in [0, 0.1) is 0 Å². The molecule has 0 amide bonds. The summed E-state index contributed by atoms with van der Waals surface area (Å²) in [6.07, 6.45) is 6.29. The number of aromatic carboxylic acids is 1. The highest BCUT2D eigenvalue weighted by Gasteiger charge is 2.24. The maximum absolute atomic E-state index is 11.1. The van der Waals surface area contributed by atoms with E-state index in [9.17, 15) is 4.79 Å². The third-order valence-corrected chi connectivity index (χ3v) is 3.65. The largest absolute Gasteiger partial charge is 0.478 e. The predicted octanol–water partition coefficient (Wildman–Crippen LogP) is 1.44. The second-order valence-corrected chi connectivity index (χ2v) is 5.06. The van der Waals surface area contributed by atoms with Gasteiger partial charge in [-0.1, -0.05) is 6.42 Å². The average Bonchev–Trinajstić information content (AvgIpc) is 2.38. The Morgan fingerprint density at radius 1 is 1.47 bits per heavy atom. The van der Waals surface area contributed by atoms with Crippen molar-refractivity contribution in [1.29, 1.82) is 0 Å². The van der Waals surface area contributed by atoms with Crippen LogP contribution in [0.5, 0.6) is 0 Å². The predicted molar refractivity (Wildman–Crippen MR) is 70.4 cm³/mol. The summed E-state index contributed by atoms with van der Waals surface area (Å²) in [5, 5.41) is 11.3. The maximum atomic E-state index is 11.1. The lowest BCUT2D eigenvalue weighted by Gasteiger charge is -2.39. The number of aromatic nitrogens is 2. The molecule has 1 aliphatic rings. The van der Waals surface area contributed by atoms with Gasteiger partial charge in [-0.25, -0.2) is 25.2 Å². The van der Waals surface area contributed by atoms with Crippen molar-refractivity contribution in [1.82, 2.24) is 20.4 Å². The Labute approximate surface area is 112 Å². The number of piperidine rings is 1. The quantitative estimate of drug-likeness (QED) is 0.857. The Kier molecular flexibility index (Phi) is 4.44. The first-order chi connectivity index (χ1) is 9.09. The number of nitrogens with one attached hydrogen (secondary N) is 1. The zero-order valence-electron chi connectivity index (χ0n) is 11.3. The number of hydrogen-bond acceptors (Lipinski definition) is 5. The van der Waals surface area contributed by atoms with Crippen LogP contribution in [0.25, 0.3) is 0 Å². The molecule has 2 rings (SSSR count). The molecule has 1 aromatic rings. The minimum atomic E-state index is -0.989. The van der Waals surface area contributed by atoms with E-state index in [1.165, 1.54) is 18.9 Å². The van der Waals surface area contributed by atoms with Crippen LogP contribution in [0.1, 0.15) is 49.2 Å². The van der Waals surface area contributed by atoms with Crippen molar-refractivity contribution >= 4 is 5.97 Å². The molecular formula is C13H20N4O2. The van der Waals surface area contributed by atoms with E-state index in [1.807, 2.05) is 0 Å². The molecule has 0 spiro atoms. The first kappa shape index (κ1) is 13.9. The van der Waals surface area contributed by atoms with Gasteiger partial charge in [-0.15, -0.1) is 0 Å². The Morgan fingerprint density at radius 2 is 2.16 bits per heavy atom. The smallest absolute Gasteiger partial charge is 0.339 e. The molecule has 6 heteroatoms. The van der Waals surface area contributed by atoms with Gasteiger partial charge in [0.1, 0.15) is 11.9 Å². The molecule has 0 aliphatic carbocycles. The van der Waals surface area contributed by atoms with Crippen LogP contribution in [0.3, 0.4) is 0 Å². The number of carboxylic acids is 1. The molecule has 0 bridgehead atoms. The van der Waals surface area contributed by atoms with Gasteiger partial charge in [-0.3, -0.25) is 0 Å². The number of carboxylic acid groups (broad SMARTS) is 1. The van der Waals surface area contributed by atoms with Gasteiger partial charge in [-0.05, 0) is 26.7 Å². The summed E-state index contributed by atoms with van der Waals surface area (Å²) in [5.41, 5.74) is 3.99. The van der Waals surface area contributed by atoms with Crippen LogP contribution >= 0.6 is 0 Å². The van der Waals surface area contributed by atoms with E-state index < -0.39 is 5.97 Å². The number of nitrogens with zero attached hydrogens (tertiary/aromatic N) is 3. The molecular weight excluding hydrogens is 244 g/mol. The SMILES string of the molecule is CC1CCCC(C)N1NCc1ncncc1C(=O)O. The van der Waals surface area contributed by atoms with Crippen molar-refractivity contribution in [2.24, 2.45) is 0 Å². The topological polar surface area (TPSA) is 78.3 Å². The van der Waals surface area contributed by atoms with Crippen LogP contribution in [-0.4, -0.2) is 38.1 Å². The number of carbonyl (C=O) groups is 1. The molecule has 1 aliphatic heterocycles. The number of hydrazine groups is 1. The van der Waals surface area contributed by atoms with Crippen LogP contribution in [0.4, 0.5) is 0 Å². The maximum Gasteiger partial charge on any atom is 0.339 e. The molecule has 104 valence electrons. The van der Waals surface area contributed by atoms with Gasteiger partial charge in [0.15, 0.2) is 0 Å². The van der Waals surface area contributed by atoms with E-state index in [4.69, 9.17) is 5.11 Å². The summed E-state index contributed by atoms with van der Waals surface area (Å²) >= 11 is 0. The van der Waals surface area contributed by atoms with Crippen molar-refractivity contribution < 1.29 is 9.90 Å². The van der Waals surface area contributed by atoms with E-state index in [-0.39, 0.29) is 5.56 Å².